The van der Waals surface area contributed by atoms with Crippen LogP contribution in [0, 0.1) is 0 Å². The van der Waals surface area contributed by atoms with Crippen molar-refractivity contribution in [3.8, 4) is 0 Å². The van der Waals surface area contributed by atoms with Crippen molar-refractivity contribution < 1.29 is 9.59 Å². The highest BCUT2D eigenvalue weighted by Gasteiger charge is 2.23. The fourth-order valence-corrected chi connectivity index (χ4v) is 6.76. The summed E-state index contributed by atoms with van der Waals surface area (Å²) in [4.78, 5) is 26.4. The second kappa shape index (κ2) is 13.4. The number of rotatable bonds is 9. The van der Waals surface area contributed by atoms with E-state index in [1.807, 2.05) is 78.9 Å². The Morgan fingerprint density at radius 1 is 0.711 bits per heavy atom. The van der Waals surface area contributed by atoms with Crippen LogP contribution in [0.3, 0.4) is 0 Å². The molecule has 1 amide bonds. The van der Waals surface area contributed by atoms with Crippen molar-refractivity contribution >= 4 is 79.7 Å². The number of carbonyl (C=O) groups excluding carboxylic acids is 2. The molecule has 224 valence electrons. The number of thiocarbonyl (C=S) groups is 1. The van der Waals surface area contributed by atoms with Gasteiger partial charge < -0.3 is 20.5 Å². The van der Waals surface area contributed by atoms with Crippen LogP contribution in [0.4, 0.5) is 17.1 Å². The van der Waals surface area contributed by atoms with E-state index in [1.165, 1.54) is 29.6 Å². The van der Waals surface area contributed by atoms with Gasteiger partial charge in [-0.3, -0.25) is 9.59 Å². The van der Waals surface area contributed by atoms with Gasteiger partial charge in [-0.1, -0.05) is 54.6 Å². The van der Waals surface area contributed by atoms with Gasteiger partial charge in [0.05, 0.1) is 0 Å². The fourth-order valence-electron chi connectivity index (χ4n) is 5.45. The SMILES string of the molecule is CCn1c2ccccc2c2cc(NC(=O)C(Sc3cccc(NC(=S)Nc4ccc(C(C)=O)cc4)c3)c3ccccc3)ccc21. The first-order valence-electron chi connectivity index (χ1n) is 14.7. The molecule has 0 spiro atoms. The number of para-hydroxylation sites is 1. The van der Waals surface area contributed by atoms with Gasteiger partial charge >= 0.3 is 0 Å². The summed E-state index contributed by atoms with van der Waals surface area (Å²) in [5.74, 6) is -0.0882. The van der Waals surface area contributed by atoms with Crippen LogP contribution in [0.15, 0.2) is 126 Å². The van der Waals surface area contributed by atoms with Crippen LogP contribution in [-0.4, -0.2) is 21.4 Å². The summed E-state index contributed by atoms with van der Waals surface area (Å²) >= 11 is 7.02. The lowest BCUT2D eigenvalue weighted by atomic mass is 10.1. The Morgan fingerprint density at radius 3 is 2.13 bits per heavy atom. The molecule has 1 atom stereocenters. The Labute approximate surface area is 271 Å². The van der Waals surface area contributed by atoms with E-state index >= 15 is 0 Å². The van der Waals surface area contributed by atoms with Crippen molar-refractivity contribution in [3.05, 3.63) is 132 Å². The average molecular weight is 629 g/mol. The van der Waals surface area contributed by atoms with Crippen LogP contribution in [-0.2, 0) is 11.3 Å². The molecule has 1 heterocycles. The highest BCUT2D eigenvalue weighted by Crippen LogP contribution is 2.38. The molecule has 0 aliphatic carbocycles. The van der Waals surface area contributed by atoms with Gasteiger partial charge in [-0.25, -0.2) is 0 Å². The van der Waals surface area contributed by atoms with Gasteiger partial charge in [0.25, 0.3) is 0 Å². The molecule has 0 bridgehead atoms. The third-order valence-corrected chi connectivity index (χ3v) is 9.04. The van der Waals surface area contributed by atoms with Crippen molar-refractivity contribution in [1.29, 1.82) is 0 Å². The monoisotopic (exact) mass is 628 g/mol. The average Bonchev–Trinajstić information content (AvgIpc) is 3.37. The Kier molecular flexibility index (Phi) is 8.96. The Bertz CT molecular complexity index is 2020. The molecule has 1 unspecified atom stereocenters. The normalized spacial score (nSPS) is 11.7. The summed E-state index contributed by atoms with van der Waals surface area (Å²) in [5.41, 5.74) is 6.22. The maximum atomic E-state index is 13.9. The Morgan fingerprint density at radius 2 is 1.38 bits per heavy atom. The number of carbonyl (C=O) groups is 2. The predicted molar refractivity (Wildman–Crippen MR) is 192 cm³/mol. The molecule has 5 aromatic carbocycles. The lowest BCUT2D eigenvalue weighted by Crippen LogP contribution is -2.19. The molecule has 0 fully saturated rings. The highest BCUT2D eigenvalue weighted by molar-refractivity contribution is 8.00. The molecule has 0 aliphatic rings. The number of hydrogen-bond donors (Lipinski definition) is 3. The molecule has 1 aromatic heterocycles. The number of ketones is 1. The van der Waals surface area contributed by atoms with Crippen LogP contribution >= 0.6 is 24.0 Å². The zero-order chi connectivity index (χ0) is 31.3. The molecule has 0 radical (unpaired) electrons. The second-order valence-corrected chi connectivity index (χ2v) is 12.2. The van der Waals surface area contributed by atoms with Gasteiger partial charge in [-0.2, -0.15) is 0 Å². The largest absolute Gasteiger partial charge is 0.341 e. The molecule has 0 aliphatic heterocycles. The summed E-state index contributed by atoms with van der Waals surface area (Å²) < 4.78 is 2.30. The van der Waals surface area contributed by atoms with E-state index < -0.39 is 5.25 Å². The first-order chi connectivity index (χ1) is 21.9. The standard InChI is InChI=1S/C37H32N4O2S2/c1-3-41-33-15-8-7-14-31(33)32-23-29(20-21-34(32)41)38-36(43)35(26-10-5-4-6-11-26)45-30-13-9-12-28(22-30)40-37(44)39-27-18-16-25(17-19-27)24(2)42/h4-23,35H,3H2,1-2H3,(H,38,43)(H2,39,40,44). The van der Waals surface area contributed by atoms with Crippen molar-refractivity contribution in [3.63, 3.8) is 0 Å². The van der Waals surface area contributed by atoms with E-state index in [0.717, 1.165) is 45.0 Å². The third kappa shape index (κ3) is 6.77. The zero-order valence-corrected chi connectivity index (χ0v) is 26.5. The summed E-state index contributed by atoms with van der Waals surface area (Å²) in [6.07, 6.45) is 0. The van der Waals surface area contributed by atoms with Crippen LogP contribution < -0.4 is 16.0 Å². The smallest absolute Gasteiger partial charge is 0.242 e. The molecule has 8 heteroatoms. The van der Waals surface area contributed by atoms with Crippen LogP contribution in [0.25, 0.3) is 21.8 Å². The van der Waals surface area contributed by atoms with Crippen LogP contribution in [0.2, 0.25) is 0 Å². The number of nitrogens with zero attached hydrogens (tertiary/aromatic N) is 1. The van der Waals surface area contributed by atoms with Gasteiger partial charge in [0.15, 0.2) is 10.9 Å². The summed E-state index contributed by atoms with van der Waals surface area (Å²) in [5, 5.41) is 11.8. The first-order valence-corrected chi connectivity index (χ1v) is 16.0. The minimum atomic E-state index is -0.487. The van der Waals surface area contributed by atoms with E-state index in [1.54, 1.807) is 12.1 Å². The van der Waals surface area contributed by atoms with Crippen LogP contribution in [0.1, 0.15) is 35.0 Å². The molecule has 6 nitrogen and oxygen atoms in total. The molecule has 6 aromatic rings. The van der Waals surface area contributed by atoms with Gasteiger partial charge in [-0.05, 0) is 98.4 Å². The fraction of sp³-hybridized carbons (Fsp3) is 0.108. The molecule has 45 heavy (non-hydrogen) atoms. The van der Waals surface area contributed by atoms with Gasteiger partial charge in [-0.15, -0.1) is 11.8 Å². The van der Waals surface area contributed by atoms with Crippen molar-refractivity contribution in [2.24, 2.45) is 0 Å². The summed E-state index contributed by atoms with van der Waals surface area (Å²) in [6, 6.07) is 39.3. The lowest BCUT2D eigenvalue weighted by molar-refractivity contribution is -0.115. The number of anilines is 3. The topological polar surface area (TPSA) is 75.2 Å². The number of benzene rings is 5. The maximum Gasteiger partial charge on any atom is 0.242 e. The van der Waals surface area contributed by atoms with E-state index in [-0.39, 0.29) is 11.7 Å². The number of fused-ring (bicyclic) bond motifs is 3. The number of aryl methyl sites for hydroxylation is 1. The van der Waals surface area contributed by atoms with E-state index in [9.17, 15) is 9.59 Å². The molecule has 6 rings (SSSR count). The molecule has 0 saturated carbocycles. The van der Waals surface area contributed by atoms with Gasteiger partial charge in [0.1, 0.15) is 5.25 Å². The van der Waals surface area contributed by atoms with Crippen LogP contribution in [0.5, 0.6) is 0 Å². The summed E-state index contributed by atoms with van der Waals surface area (Å²) in [7, 11) is 0. The molecule has 0 saturated heterocycles. The number of hydrogen-bond acceptors (Lipinski definition) is 4. The van der Waals surface area contributed by atoms with Gasteiger partial charge in [0, 0.05) is 55.9 Å². The van der Waals surface area contributed by atoms with E-state index in [2.05, 4.69) is 57.8 Å². The molecular weight excluding hydrogens is 597 g/mol. The first kappa shape index (κ1) is 30.1. The highest BCUT2D eigenvalue weighted by atomic mass is 32.2. The van der Waals surface area contributed by atoms with Crippen molar-refractivity contribution in [2.45, 2.75) is 30.5 Å². The molecule has 3 N–H and O–H groups in total. The minimum absolute atomic E-state index is 0.0143. The predicted octanol–water partition coefficient (Wildman–Crippen LogP) is 9.30. The van der Waals surface area contributed by atoms with Gasteiger partial charge in [0.2, 0.25) is 5.91 Å². The lowest BCUT2D eigenvalue weighted by Gasteiger charge is -2.18. The zero-order valence-electron chi connectivity index (χ0n) is 24.9. The van der Waals surface area contributed by atoms with Crippen molar-refractivity contribution in [1.82, 2.24) is 4.57 Å². The Balaban J connectivity index is 1.20. The number of Topliss-reactive ketones (excluding diaryl/α,β-unsaturated/α-hetero) is 1. The quantitative estimate of drug-likeness (QED) is 0.0842. The van der Waals surface area contributed by atoms with E-state index in [0.29, 0.717) is 10.7 Å². The number of aromatic nitrogens is 1. The second-order valence-electron chi connectivity index (χ2n) is 10.6. The van der Waals surface area contributed by atoms with E-state index in [4.69, 9.17) is 12.2 Å². The summed E-state index contributed by atoms with van der Waals surface area (Å²) in [6.45, 7) is 4.55. The number of nitrogens with one attached hydrogen (secondary N) is 3. The Hall–Kier alpha value is -4.92. The number of thioether (sulfide) groups is 1. The third-order valence-electron chi connectivity index (χ3n) is 7.59. The maximum absolute atomic E-state index is 13.9. The van der Waals surface area contributed by atoms with Crippen molar-refractivity contribution in [2.75, 3.05) is 16.0 Å². The minimum Gasteiger partial charge on any atom is -0.341 e. The molecular formula is C37H32N4O2S2. The number of amides is 1.